The van der Waals surface area contributed by atoms with Gasteiger partial charge in [-0.05, 0) is 41.8 Å². The van der Waals surface area contributed by atoms with E-state index in [0.717, 1.165) is 25.9 Å². The largest absolute Gasteiger partial charge is 0.339 e. The smallest absolute Gasteiger partial charge is 0.255 e. The lowest BCUT2D eigenvalue weighted by Gasteiger charge is -2.27. The van der Waals surface area contributed by atoms with E-state index in [1.165, 1.54) is 18.2 Å². The van der Waals surface area contributed by atoms with Gasteiger partial charge in [0.2, 0.25) is 11.1 Å². The number of aromatic nitrogens is 4. The third kappa shape index (κ3) is 4.60. The number of nitrogens with one attached hydrogen (secondary N) is 1. The highest BCUT2D eigenvalue weighted by Crippen LogP contribution is 2.21. The van der Waals surface area contributed by atoms with Crippen molar-refractivity contribution in [1.29, 1.82) is 0 Å². The van der Waals surface area contributed by atoms with Crippen LogP contribution >= 0.6 is 11.8 Å². The van der Waals surface area contributed by atoms with Gasteiger partial charge in [-0.15, -0.1) is 5.10 Å². The molecule has 26 heavy (non-hydrogen) atoms. The Morgan fingerprint density at radius 1 is 1.19 bits per heavy atom. The number of thioether (sulfide) groups is 1. The zero-order valence-corrected chi connectivity index (χ0v) is 15.5. The number of piperidine rings is 1. The van der Waals surface area contributed by atoms with Crippen LogP contribution in [-0.2, 0) is 11.8 Å². The molecule has 1 saturated heterocycles. The van der Waals surface area contributed by atoms with E-state index in [9.17, 15) is 9.59 Å². The van der Waals surface area contributed by atoms with Crippen LogP contribution in [-0.4, -0.2) is 55.8 Å². The summed E-state index contributed by atoms with van der Waals surface area (Å²) in [5.74, 6) is 0.411. The topological polar surface area (TPSA) is 93.0 Å². The van der Waals surface area contributed by atoms with Crippen molar-refractivity contribution in [2.45, 2.75) is 30.8 Å². The normalized spacial score (nSPS) is 14.3. The lowest BCUT2D eigenvalue weighted by atomic mass is 10.1. The fourth-order valence-corrected chi connectivity index (χ4v) is 3.62. The highest BCUT2D eigenvalue weighted by molar-refractivity contribution is 7.99. The number of nitrogens with zero attached hydrogens (tertiary/aromatic N) is 5. The molecule has 0 aliphatic carbocycles. The second-order valence-corrected chi connectivity index (χ2v) is 7.19. The van der Waals surface area contributed by atoms with Crippen LogP contribution in [0.2, 0.25) is 0 Å². The Hall–Kier alpha value is -2.42. The van der Waals surface area contributed by atoms with E-state index in [0.29, 0.717) is 28.6 Å². The van der Waals surface area contributed by atoms with E-state index in [1.54, 1.807) is 23.9 Å². The second-order valence-electron chi connectivity index (χ2n) is 6.13. The van der Waals surface area contributed by atoms with Gasteiger partial charge in [-0.3, -0.25) is 9.59 Å². The van der Waals surface area contributed by atoms with E-state index in [-0.39, 0.29) is 11.8 Å². The number of para-hydroxylation sites is 1. The molecule has 2 heterocycles. The van der Waals surface area contributed by atoms with Crippen molar-refractivity contribution < 1.29 is 9.59 Å². The van der Waals surface area contributed by atoms with Crippen molar-refractivity contribution in [3.8, 4) is 0 Å². The Balaban J connectivity index is 1.57. The standard InChI is InChI=1S/C17H22N6O2S/c1-22-17(19-20-21-22)26-12-9-15(24)18-14-8-4-3-7-13(14)16(25)23-10-5-2-6-11-23/h3-4,7-8H,2,5-6,9-12H2,1H3,(H,18,24). The summed E-state index contributed by atoms with van der Waals surface area (Å²) < 4.78 is 1.56. The maximum atomic E-state index is 12.8. The minimum absolute atomic E-state index is 0.0138. The maximum Gasteiger partial charge on any atom is 0.255 e. The molecule has 0 saturated carbocycles. The van der Waals surface area contributed by atoms with Crippen LogP contribution in [0.1, 0.15) is 36.0 Å². The van der Waals surface area contributed by atoms with Gasteiger partial charge in [0, 0.05) is 32.3 Å². The van der Waals surface area contributed by atoms with Crippen molar-refractivity contribution in [3.63, 3.8) is 0 Å². The lowest BCUT2D eigenvalue weighted by molar-refractivity contribution is -0.115. The molecule has 1 aromatic heterocycles. The third-order valence-corrected chi connectivity index (χ3v) is 5.23. The van der Waals surface area contributed by atoms with Crippen LogP contribution in [0.25, 0.3) is 0 Å². The molecular formula is C17H22N6O2S. The predicted molar refractivity (Wildman–Crippen MR) is 99.0 cm³/mol. The minimum Gasteiger partial charge on any atom is -0.339 e. The first kappa shape index (κ1) is 18.4. The predicted octanol–water partition coefficient (Wildman–Crippen LogP) is 1.96. The highest BCUT2D eigenvalue weighted by atomic mass is 32.2. The average molecular weight is 374 g/mol. The average Bonchev–Trinajstić information content (AvgIpc) is 3.07. The zero-order valence-electron chi connectivity index (χ0n) is 14.7. The summed E-state index contributed by atoms with van der Waals surface area (Å²) >= 11 is 1.42. The number of rotatable bonds is 6. The first-order valence-corrected chi connectivity index (χ1v) is 9.67. The summed E-state index contributed by atoms with van der Waals surface area (Å²) in [6, 6.07) is 7.19. The lowest BCUT2D eigenvalue weighted by Crippen LogP contribution is -2.36. The van der Waals surface area contributed by atoms with Gasteiger partial charge in [-0.2, -0.15) is 0 Å². The maximum absolute atomic E-state index is 12.8. The van der Waals surface area contributed by atoms with Crippen LogP contribution in [0.5, 0.6) is 0 Å². The third-order valence-electron chi connectivity index (χ3n) is 4.22. The first-order chi connectivity index (χ1) is 12.6. The summed E-state index contributed by atoms with van der Waals surface area (Å²) in [6.07, 6.45) is 3.55. The molecule has 8 nitrogen and oxygen atoms in total. The Kier molecular flexibility index (Phi) is 6.21. The number of anilines is 1. The minimum atomic E-state index is -0.133. The number of hydrogen-bond acceptors (Lipinski definition) is 6. The Morgan fingerprint density at radius 2 is 1.96 bits per heavy atom. The molecule has 1 aliphatic heterocycles. The van der Waals surface area contributed by atoms with Gasteiger partial charge in [-0.1, -0.05) is 23.9 Å². The summed E-state index contributed by atoms with van der Waals surface area (Å²) in [4.78, 5) is 26.9. The molecule has 0 radical (unpaired) electrons. The number of aryl methyl sites for hydroxylation is 1. The fraction of sp³-hybridized carbons (Fsp3) is 0.471. The van der Waals surface area contributed by atoms with Crippen LogP contribution in [0.3, 0.4) is 0 Å². The summed E-state index contributed by atoms with van der Waals surface area (Å²) in [5, 5.41) is 14.7. The number of hydrogen-bond donors (Lipinski definition) is 1. The van der Waals surface area contributed by atoms with Gasteiger partial charge in [0.15, 0.2) is 0 Å². The van der Waals surface area contributed by atoms with Crippen molar-refractivity contribution >= 4 is 29.3 Å². The summed E-state index contributed by atoms with van der Waals surface area (Å²) in [6.45, 7) is 1.56. The Bertz CT molecular complexity index is 772. The molecule has 1 fully saturated rings. The fourth-order valence-electron chi connectivity index (χ4n) is 2.84. The molecule has 0 spiro atoms. The van der Waals surface area contributed by atoms with Gasteiger partial charge in [0.05, 0.1) is 11.3 Å². The highest BCUT2D eigenvalue weighted by Gasteiger charge is 2.21. The van der Waals surface area contributed by atoms with E-state index in [1.807, 2.05) is 17.0 Å². The van der Waals surface area contributed by atoms with Gasteiger partial charge in [0.1, 0.15) is 0 Å². The van der Waals surface area contributed by atoms with E-state index < -0.39 is 0 Å². The first-order valence-electron chi connectivity index (χ1n) is 8.68. The molecule has 0 unspecified atom stereocenters. The molecule has 0 bridgehead atoms. The second kappa shape index (κ2) is 8.79. The number of benzene rings is 1. The molecule has 1 N–H and O–H groups in total. The van der Waals surface area contributed by atoms with Crippen LogP contribution in [0.4, 0.5) is 5.69 Å². The molecule has 9 heteroatoms. The quantitative estimate of drug-likeness (QED) is 0.777. The van der Waals surface area contributed by atoms with Gasteiger partial charge in [0.25, 0.3) is 5.91 Å². The Labute approximate surface area is 156 Å². The molecule has 2 aromatic rings. The molecule has 0 atom stereocenters. The van der Waals surface area contributed by atoms with E-state index in [4.69, 9.17) is 0 Å². The Morgan fingerprint density at radius 3 is 2.69 bits per heavy atom. The monoisotopic (exact) mass is 374 g/mol. The number of likely N-dealkylation sites (tertiary alicyclic amines) is 1. The van der Waals surface area contributed by atoms with Crippen LogP contribution in [0.15, 0.2) is 29.4 Å². The van der Waals surface area contributed by atoms with Crippen molar-refractivity contribution in [1.82, 2.24) is 25.1 Å². The zero-order chi connectivity index (χ0) is 18.4. The van der Waals surface area contributed by atoms with Gasteiger partial charge in [-0.25, -0.2) is 4.68 Å². The van der Waals surface area contributed by atoms with Crippen molar-refractivity contribution in [2.75, 3.05) is 24.2 Å². The van der Waals surface area contributed by atoms with E-state index >= 15 is 0 Å². The van der Waals surface area contributed by atoms with Crippen molar-refractivity contribution in [2.24, 2.45) is 7.05 Å². The molecule has 3 rings (SSSR count). The molecule has 1 aromatic carbocycles. The van der Waals surface area contributed by atoms with Gasteiger partial charge < -0.3 is 10.2 Å². The van der Waals surface area contributed by atoms with Gasteiger partial charge >= 0.3 is 0 Å². The summed E-state index contributed by atoms with van der Waals surface area (Å²) in [7, 11) is 1.75. The molecule has 2 amide bonds. The SMILES string of the molecule is Cn1nnnc1SCCC(=O)Nc1ccccc1C(=O)N1CCCCC1. The van der Waals surface area contributed by atoms with Crippen LogP contribution < -0.4 is 5.32 Å². The molecule has 1 aliphatic rings. The molecule has 138 valence electrons. The van der Waals surface area contributed by atoms with E-state index in [2.05, 4.69) is 20.8 Å². The number of tetrazole rings is 1. The summed E-state index contributed by atoms with van der Waals surface area (Å²) in [5.41, 5.74) is 1.12. The number of carbonyl (C=O) groups is 2. The van der Waals surface area contributed by atoms with Crippen LogP contribution in [0, 0.1) is 0 Å². The van der Waals surface area contributed by atoms with Crippen molar-refractivity contribution in [3.05, 3.63) is 29.8 Å². The number of amides is 2. The number of carbonyl (C=O) groups excluding carboxylic acids is 2. The molecular weight excluding hydrogens is 352 g/mol.